The van der Waals surface area contributed by atoms with E-state index in [0.29, 0.717) is 5.92 Å². The molecule has 2 aliphatic rings. The Hall–Kier alpha value is -2.14. The molecule has 1 amide bonds. The van der Waals surface area contributed by atoms with Crippen molar-refractivity contribution in [3.8, 4) is 0 Å². The first kappa shape index (κ1) is 16.3. The molecule has 0 radical (unpaired) electrons. The monoisotopic (exact) mass is 339 g/mol. The van der Waals surface area contributed by atoms with Gasteiger partial charge in [-0.15, -0.1) is 0 Å². The third kappa shape index (κ3) is 2.97. The zero-order chi connectivity index (χ0) is 17.4. The molecule has 1 fully saturated rings. The lowest BCUT2D eigenvalue weighted by atomic mass is 10.00. The Labute approximate surface area is 148 Å². The van der Waals surface area contributed by atoms with Gasteiger partial charge in [-0.25, -0.2) is 0 Å². The number of carbonyl (C=O) groups excluding carboxylic acids is 1. The number of aryl methyl sites for hydroxylation is 1. The van der Waals surface area contributed by atoms with Crippen LogP contribution in [0.3, 0.4) is 0 Å². The molecule has 5 heteroatoms. The second kappa shape index (κ2) is 6.64. The molecule has 1 aromatic heterocycles. The molecule has 1 aromatic carbocycles. The maximum absolute atomic E-state index is 13.0. The molecular formula is C20H25N3O2. The molecule has 2 aliphatic carbocycles. The van der Waals surface area contributed by atoms with Crippen LogP contribution < -0.4 is 5.32 Å². The minimum absolute atomic E-state index is 0.0325. The van der Waals surface area contributed by atoms with Gasteiger partial charge in [0, 0.05) is 26.3 Å². The number of methoxy groups -OCH3 is 1. The Kier molecular flexibility index (Phi) is 4.34. The van der Waals surface area contributed by atoms with Gasteiger partial charge in [-0.1, -0.05) is 37.1 Å². The number of nitrogens with zero attached hydrogens (tertiary/aromatic N) is 2. The van der Waals surface area contributed by atoms with Crippen molar-refractivity contribution in [3.05, 3.63) is 52.8 Å². The van der Waals surface area contributed by atoms with Gasteiger partial charge in [0.1, 0.15) is 6.10 Å². The van der Waals surface area contributed by atoms with Crippen molar-refractivity contribution < 1.29 is 9.53 Å². The van der Waals surface area contributed by atoms with Crippen LogP contribution in [0.2, 0.25) is 0 Å². The molecular weight excluding hydrogens is 314 g/mol. The molecule has 0 saturated heterocycles. The molecule has 5 nitrogen and oxygen atoms in total. The van der Waals surface area contributed by atoms with Crippen LogP contribution in [0.1, 0.15) is 64.9 Å². The standard InChI is InChI=1S/C20H25N3O2/c1-23-12-16(18(22-23)13-7-3-4-8-13)20(24)21-17-11-14-9-5-6-10-15(14)19(17)25-2/h5-6,9-10,12-13,17,19H,3-4,7-8,11H2,1-2H3,(H,21,24)/t17-,19+/m1/s1. The molecule has 2 aromatic rings. The largest absolute Gasteiger partial charge is 0.375 e. The predicted octanol–water partition coefficient (Wildman–Crippen LogP) is 3.12. The average molecular weight is 339 g/mol. The summed E-state index contributed by atoms with van der Waals surface area (Å²) < 4.78 is 7.45. The second-order valence-electron chi connectivity index (χ2n) is 7.22. The van der Waals surface area contributed by atoms with Crippen molar-refractivity contribution in [1.29, 1.82) is 0 Å². The zero-order valence-corrected chi connectivity index (χ0v) is 14.9. The van der Waals surface area contributed by atoms with Gasteiger partial charge in [-0.3, -0.25) is 9.48 Å². The van der Waals surface area contributed by atoms with Gasteiger partial charge < -0.3 is 10.1 Å². The van der Waals surface area contributed by atoms with E-state index in [1.54, 1.807) is 11.8 Å². The van der Waals surface area contributed by atoms with E-state index in [1.165, 1.54) is 24.0 Å². The van der Waals surface area contributed by atoms with E-state index in [4.69, 9.17) is 4.74 Å². The van der Waals surface area contributed by atoms with E-state index in [0.717, 1.165) is 30.5 Å². The lowest BCUT2D eigenvalue weighted by Crippen LogP contribution is -2.38. The van der Waals surface area contributed by atoms with Crippen molar-refractivity contribution in [1.82, 2.24) is 15.1 Å². The van der Waals surface area contributed by atoms with E-state index in [1.807, 2.05) is 25.4 Å². The third-order valence-corrected chi connectivity index (χ3v) is 5.58. The highest BCUT2D eigenvalue weighted by atomic mass is 16.5. The average Bonchev–Trinajstić information content (AvgIpc) is 3.31. The van der Waals surface area contributed by atoms with Crippen molar-refractivity contribution in [2.24, 2.45) is 7.05 Å². The fourth-order valence-corrected chi connectivity index (χ4v) is 4.40. The summed E-state index contributed by atoms with van der Waals surface area (Å²) in [6.07, 6.45) is 7.29. The van der Waals surface area contributed by atoms with E-state index in [-0.39, 0.29) is 18.1 Å². The highest BCUT2D eigenvalue weighted by molar-refractivity contribution is 5.95. The topological polar surface area (TPSA) is 56.1 Å². The maximum atomic E-state index is 13.0. The number of hydrogen-bond donors (Lipinski definition) is 1. The maximum Gasteiger partial charge on any atom is 0.255 e. The highest BCUT2D eigenvalue weighted by Crippen LogP contribution is 2.36. The van der Waals surface area contributed by atoms with Gasteiger partial charge in [0.05, 0.1) is 17.3 Å². The summed E-state index contributed by atoms with van der Waals surface area (Å²) in [5.41, 5.74) is 4.11. The minimum atomic E-state index is -0.0910. The minimum Gasteiger partial charge on any atom is -0.375 e. The van der Waals surface area contributed by atoms with Gasteiger partial charge in [0.25, 0.3) is 5.91 Å². The van der Waals surface area contributed by atoms with Gasteiger partial charge >= 0.3 is 0 Å². The van der Waals surface area contributed by atoms with E-state index in [2.05, 4.69) is 22.5 Å². The molecule has 2 atom stereocenters. The van der Waals surface area contributed by atoms with Gasteiger partial charge in [0.15, 0.2) is 0 Å². The lowest BCUT2D eigenvalue weighted by molar-refractivity contribution is 0.0674. The van der Waals surface area contributed by atoms with Crippen LogP contribution in [0.25, 0.3) is 0 Å². The van der Waals surface area contributed by atoms with Crippen LogP contribution in [0.5, 0.6) is 0 Å². The van der Waals surface area contributed by atoms with Crippen LogP contribution in [0.15, 0.2) is 30.5 Å². The first-order chi connectivity index (χ1) is 12.2. The van der Waals surface area contributed by atoms with Gasteiger partial charge in [-0.05, 0) is 30.4 Å². The molecule has 132 valence electrons. The Morgan fingerprint density at radius 1 is 1.28 bits per heavy atom. The van der Waals surface area contributed by atoms with E-state index in [9.17, 15) is 4.79 Å². The van der Waals surface area contributed by atoms with Gasteiger partial charge in [-0.2, -0.15) is 5.10 Å². The predicted molar refractivity (Wildman–Crippen MR) is 95.6 cm³/mol. The van der Waals surface area contributed by atoms with Crippen LogP contribution in [-0.2, 0) is 18.2 Å². The number of carbonyl (C=O) groups is 1. The van der Waals surface area contributed by atoms with Crippen LogP contribution in [-0.4, -0.2) is 28.8 Å². The fraction of sp³-hybridized carbons (Fsp3) is 0.500. The summed E-state index contributed by atoms with van der Waals surface area (Å²) in [6.45, 7) is 0. The first-order valence-corrected chi connectivity index (χ1v) is 9.12. The third-order valence-electron chi connectivity index (χ3n) is 5.58. The number of amides is 1. The van der Waals surface area contributed by atoms with Crippen LogP contribution in [0.4, 0.5) is 0 Å². The van der Waals surface area contributed by atoms with Crippen LogP contribution in [0, 0.1) is 0 Å². The molecule has 0 unspecified atom stereocenters. The first-order valence-electron chi connectivity index (χ1n) is 9.12. The van der Waals surface area contributed by atoms with E-state index < -0.39 is 0 Å². The molecule has 1 saturated carbocycles. The summed E-state index contributed by atoms with van der Waals surface area (Å²) >= 11 is 0. The number of nitrogens with one attached hydrogen (secondary N) is 1. The summed E-state index contributed by atoms with van der Waals surface area (Å²) in [5.74, 6) is 0.385. The number of aromatic nitrogens is 2. The van der Waals surface area contributed by atoms with Crippen LogP contribution >= 0.6 is 0 Å². The number of ether oxygens (including phenoxy) is 1. The van der Waals surface area contributed by atoms with Crippen molar-refractivity contribution in [2.45, 2.75) is 50.2 Å². The van der Waals surface area contributed by atoms with Crippen molar-refractivity contribution in [2.75, 3.05) is 7.11 Å². The molecule has 0 aliphatic heterocycles. The fourth-order valence-electron chi connectivity index (χ4n) is 4.40. The summed E-state index contributed by atoms with van der Waals surface area (Å²) in [7, 11) is 3.60. The van der Waals surface area contributed by atoms with Gasteiger partial charge in [0.2, 0.25) is 0 Å². The molecule has 0 bridgehead atoms. The normalized spacial score (nSPS) is 23.0. The summed E-state index contributed by atoms with van der Waals surface area (Å²) in [5, 5.41) is 7.79. The zero-order valence-electron chi connectivity index (χ0n) is 14.9. The summed E-state index contributed by atoms with van der Waals surface area (Å²) in [4.78, 5) is 13.0. The number of benzene rings is 1. The van der Waals surface area contributed by atoms with Crippen molar-refractivity contribution in [3.63, 3.8) is 0 Å². The van der Waals surface area contributed by atoms with Crippen molar-refractivity contribution >= 4 is 5.91 Å². The summed E-state index contributed by atoms with van der Waals surface area (Å²) in [6, 6.07) is 8.22. The Morgan fingerprint density at radius 3 is 2.80 bits per heavy atom. The second-order valence-corrected chi connectivity index (χ2v) is 7.22. The Balaban J connectivity index is 1.55. The molecule has 4 rings (SSSR count). The molecule has 0 spiro atoms. The Bertz CT molecular complexity index is 777. The van der Waals surface area contributed by atoms with E-state index >= 15 is 0 Å². The molecule has 25 heavy (non-hydrogen) atoms. The number of rotatable bonds is 4. The lowest BCUT2D eigenvalue weighted by Gasteiger charge is -2.20. The number of fused-ring (bicyclic) bond motifs is 1. The highest BCUT2D eigenvalue weighted by Gasteiger charge is 2.35. The molecule has 1 heterocycles. The number of hydrogen-bond acceptors (Lipinski definition) is 3. The Morgan fingerprint density at radius 2 is 2.04 bits per heavy atom. The SMILES string of the molecule is CO[C@H]1c2ccccc2C[C@H]1NC(=O)c1cn(C)nc1C1CCCC1. The quantitative estimate of drug-likeness (QED) is 0.931. The molecule has 1 N–H and O–H groups in total. The smallest absolute Gasteiger partial charge is 0.255 e.